The number of benzene rings is 1. The number of aromatic hydroxyl groups is 2. The summed E-state index contributed by atoms with van der Waals surface area (Å²) in [4.78, 5) is 16.5. The van der Waals surface area contributed by atoms with Gasteiger partial charge in [0.15, 0.2) is 16.6 Å². The van der Waals surface area contributed by atoms with Crippen LogP contribution in [0.2, 0.25) is 0 Å². The Balaban J connectivity index is 2.11. The second-order valence-electron chi connectivity index (χ2n) is 3.65. The number of phenols is 2. The van der Waals surface area contributed by atoms with Crippen LogP contribution in [0, 0.1) is 11.8 Å². The first kappa shape index (κ1) is 13.9. The molecule has 7 heteroatoms. The van der Waals surface area contributed by atoms with Gasteiger partial charge in [-0.15, -0.1) is 0 Å². The molecule has 0 aliphatic carbocycles. The number of nitrogens with zero attached hydrogens (tertiary/aromatic N) is 1. The molecule has 0 spiro atoms. The quantitative estimate of drug-likeness (QED) is 0.491. The van der Waals surface area contributed by atoms with Crippen molar-refractivity contribution in [3.8, 4) is 23.3 Å². The molecular formula is C13H10N2O4S. The summed E-state index contributed by atoms with van der Waals surface area (Å²) in [6.45, 7) is -0.244. The van der Waals surface area contributed by atoms with Gasteiger partial charge in [0.2, 0.25) is 0 Å². The standard InChI is InChI=1S/C13H10N2O4S/c16-5-1-2-9-7-14-13(20-9)15-12(19)8-3-4-10(17)11(18)6-8/h3-4,6-7,16-18H,5H2,(H,14,15,19). The lowest BCUT2D eigenvalue weighted by Crippen LogP contribution is -2.11. The van der Waals surface area contributed by atoms with Crippen molar-refractivity contribution in [2.75, 3.05) is 11.9 Å². The van der Waals surface area contributed by atoms with E-state index in [1.807, 2.05) is 0 Å². The molecule has 0 atom stereocenters. The van der Waals surface area contributed by atoms with E-state index in [0.29, 0.717) is 10.0 Å². The highest BCUT2D eigenvalue weighted by Crippen LogP contribution is 2.25. The highest BCUT2D eigenvalue weighted by atomic mass is 32.1. The van der Waals surface area contributed by atoms with E-state index >= 15 is 0 Å². The van der Waals surface area contributed by atoms with Gasteiger partial charge in [0, 0.05) is 5.56 Å². The van der Waals surface area contributed by atoms with Gasteiger partial charge in [-0.1, -0.05) is 23.2 Å². The molecule has 20 heavy (non-hydrogen) atoms. The second-order valence-corrected chi connectivity index (χ2v) is 4.68. The number of nitrogens with one attached hydrogen (secondary N) is 1. The topological polar surface area (TPSA) is 103 Å². The summed E-state index contributed by atoms with van der Waals surface area (Å²) >= 11 is 1.16. The van der Waals surface area contributed by atoms with Crippen LogP contribution in [0.1, 0.15) is 15.2 Å². The molecule has 1 amide bonds. The molecule has 2 aromatic rings. The van der Waals surface area contributed by atoms with Crippen molar-refractivity contribution >= 4 is 22.4 Å². The van der Waals surface area contributed by atoms with Gasteiger partial charge in [-0.3, -0.25) is 10.1 Å². The first-order valence-electron chi connectivity index (χ1n) is 5.49. The molecule has 0 unspecified atom stereocenters. The van der Waals surface area contributed by atoms with Gasteiger partial charge in [-0.2, -0.15) is 0 Å². The minimum absolute atomic E-state index is 0.193. The fourth-order valence-electron chi connectivity index (χ4n) is 1.35. The predicted octanol–water partition coefficient (Wildman–Crippen LogP) is 1.15. The van der Waals surface area contributed by atoms with E-state index in [4.69, 9.17) is 5.11 Å². The minimum atomic E-state index is -0.462. The first-order chi connectivity index (χ1) is 9.60. The number of carbonyl (C=O) groups excluding carboxylic acids is 1. The number of carbonyl (C=O) groups is 1. The molecule has 0 saturated carbocycles. The molecule has 6 nitrogen and oxygen atoms in total. The van der Waals surface area contributed by atoms with Crippen LogP contribution in [0.25, 0.3) is 0 Å². The van der Waals surface area contributed by atoms with Crippen molar-refractivity contribution in [1.29, 1.82) is 0 Å². The van der Waals surface area contributed by atoms with E-state index in [0.717, 1.165) is 17.4 Å². The lowest BCUT2D eigenvalue weighted by atomic mass is 10.2. The number of aromatic nitrogens is 1. The van der Waals surface area contributed by atoms with Crippen LogP contribution >= 0.6 is 11.3 Å². The summed E-state index contributed by atoms with van der Waals surface area (Å²) in [6.07, 6.45) is 1.48. The largest absolute Gasteiger partial charge is 0.504 e. The number of rotatable bonds is 2. The Morgan fingerprint density at radius 1 is 1.35 bits per heavy atom. The van der Waals surface area contributed by atoms with E-state index in [-0.39, 0.29) is 23.7 Å². The molecule has 1 aromatic heterocycles. The molecule has 0 saturated heterocycles. The van der Waals surface area contributed by atoms with Crippen molar-refractivity contribution in [3.63, 3.8) is 0 Å². The van der Waals surface area contributed by atoms with Crippen molar-refractivity contribution in [2.24, 2.45) is 0 Å². The number of hydrogen-bond donors (Lipinski definition) is 4. The Bertz CT molecular complexity index is 700. The third-order valence-corrected chi connectivity index (χ3v) is 3.08. The number of amides is 1. The fraction of sp³-hybridized carbons (Fsp3) is 0.0769. The van der Waals surface area contributed by atoms with E-state index in [2.05, 4.69) is 22.1 Å². The van der Waals surface area contributed by atoms with Gasteiger partial charge in [-0.05, 0) is 18.2 Å². The average Bonchev–Trinajstić information content (AvgIpc) is 2.87. The van der Waals surface area contributed by atoms with Gasteiger partial charge in [-0.25, -0.2) is 4.98 Å². The third-order valence-electron chi connectivity index (χ3n) is 2.25. The van der Waals surface area contributed by atoms with Crippen LogP contribution in [0.4, 0.5) is 5.13 Å². The van der Waals surface area contributed by atoms with E-state index in [1.165, 1.54) is 18.3 Å². The molecule has 102 valence electrons. The van der Waals surface area contributed by atoms with Gasteiger partial charge >= 0.3 is 0 Å². The Hall–Kier alpha value is -2.56. The number of aliphatic hydroxyl groups excluding tert-OH is 1. The van der Waals surface area contributed by atoms with Crippen LogP contribution < -0.4 is 5.32 Å². The van der Waals surface area contributed by atoms with Crippen LogP contribution in [-0.4, -0.2) is 32.8 Å². The number of aliphatic hydroxyl groups is 1. The first-order valence-corrected chi connectivity index (χ1v) is 6.30. The monoisotopic (exact) mass is 290 g/mol. The van der Waals surface area contributed by atoms with Crippen LogP contribution in [-0.2, 0) is 0 Å². The summed E-state index contributed by atoms with van der Waals surface area (Å²) in [6, 6.07) is 3.76. The van der Waals surface area contributed by atoms with Crippen molar-refractivity contribution in [1.82, 2.24) is 4.98 Å². The Labute approximate surface area is 118 Å². The maximum absolute atomic E-state index is 11.9. The molecule has 4 N–H and O–H groups in total. The second kappa shape index (κ2) is 6.06. The van der Waals surface area contributed by atoms with Gasteiger partial charge in [0.25, 0.3) is 5.91 Å². The summed E-state index contributed by atoms with van der Waals surface area (Å²) in [7, 11) is 0. The molecule has 1 heterocycles. The van der Waals surface area contributed by atoms with Gasteiger partial charge in [0.05, 0.1) is 11.1 Å². The molecule has 0 bridgehead atoms. The number of anilines is 1. The molecule has 0 radical (unpaired) electrons. The van der Waals surface area contributed by atoms with Crippen LogP contribution in [0.5, 0.6) is 11.5 Å². The van der Waals surface area contributed by atoms with Gasteiger partial charge in [0.1, 0.15) is 6.61 Å². The molecular weight excluding hydrogens is 280 g/mol. The summed E-state index contributed by atoms with van der Waals surface area (Å²) < 4.78 is 0. The van der Waals surface area contributed by atoms with Crippen molar-refractivity contribution in [3.05, 3.63) is 34.8 Å². The molecule has 2 rings (SSSR count). The Morgan fingerprint density at radius 2 is 2.15 bits per heavy atom. The lowest BCUT2D eigenvalue weighted by molar-refractivity contribution is 0.102. The smallest absolute Gasteiger partial charge is 0.257 e. The zero-order valence-corrected chi connectivity index (χ0v) is 10.9. The summed E-state index contributed by atoms with van der Waals surface area (Å²) in [5.41, 5.74) is 0.193. The zero-order valence-electron chi connectivity index (χ0n) is 10.1. The summed E-state index contributed by atoms with van der Waals surface area (Å²) in [5.74, 6) is 4.03. The SMILES string of the molecule is O=C(Nc1ncc(C#CCO)s1)c1ccc(O)c(O)c1. The molecule has 0 aliphatic rings. The maximum atomic E-state index is 11.9. The zero-order chi connectivity index (χ0) is 14.5. The Kier molecular flexibility index (Phi) is 4.20. The van der Waals surface area contributed by atoms with Gasteiger partial charge < -0.3 is 15.3 Å². The van der Waals surface area contributed by atoms with E-state index < -0.39 is 5.91 Å². The third kappa shape index (κ3) is 3.26. The predicted molar refractivity (Wildman–Crippen MR) is 73.8 cm³/mol. The lowest BCUT2D eigenvalue weighted by Gasteiger charge is -2.03. The average molecular weight is 290 g/mol. The highest BCUT2D eigenvalue weighted by Gasteiger charge is 2.10. The van der Waals surface area contributed by atoms with E-state index in [1.54, 1.807) is 0 Å². The molecule has 0 fully saturated rings. The van der Waals surface area contributed by atoms with Crippen LogP contribution in [0.15, 0.2) is 24.4 Å². The highest BCUT2D eigenvalue weighted by molar-refractivity contribution is 7.16. The fourth-order valence-corrected chi connectivity index (χ4v) is 2.04. The number of phenolic OH excluding ortho intramolecular Hbond substituents is 2. The van der Waals surface area contributed by atoms with E-state index in [9.17, 15) is 15.0 Å². The van der Waals surface area contributed by atoms with Crippen molar-refractivity contribution in [2.45, 2.75) is 0 Å². The number of thiazole rings is 1. The summed E-state index contributed by atoms with van der Waals surface area (Å²) in [5, 5.41) is 30.0. The number of hydrogen-bond acceptors (Lipinski definition) is 6. The minimum Gasteiger partial charge on any atom is -0.504 e. The Morgan fingerprint density at radius 3 is 2.85 bits per heavy atom. The maximum Gasteiger partial charge on any atom is 0.257 e. The molecule has 1 aromatic carbocycles. The normalized spacial score (nSPS) is 9.65. The van der Waals surface area contributed by atoms with Crippen LogP contribution in [0.3, 0.4) is 0 Å². The molecule has 0 aliphatic heterocycles. The van der Waals surface area contributed by atoms with Crippen molar-refractivity contribution < 1.29 is 20.1 Å².